The predicted octanol–water partition coefficient (Wildman–Crippen LogP) is 1.85. The largest absolute Gasteiger partial charge is 0.287 e. The first kappa shape index (κ1) is 7.63. The van der Waals surface area contributed by atoms with Crippen molar-refractivity contribution in [3.8, 4) is 0 Å². The van der Waals surface area contributed by atoms with E-state index in [1.165, 1.54) is 17.4 Å². The van der Waals surface area contributed by atoms with E-state index in [2.05, 4.69) is 11.7 Å². The molecule has 0 spiro atoms. The molecule has 1 fully saturated rings. The van der Waals surface area contributed by atoms with Gasteiger partial charge in [-0.15, -0.1) is 0 Å². The molecule has 52 valence electrons. The van der Waals surface area contributed by atoms with Crippen molar-refractivity contribution in [1.82, 2.24) is 4.31 Å². The van der Waals surface area contributed by atoms with Crippen LogP contribution in [0.1, 0.15) is 6.42 Å². The Morgan fingerprint density at radius 1 is 1.78 bits per heavy atom. The number of nitrogens with zero attached hydrogens (tertiary/aromatic N) is 1. The van der Waals surface area contributed by atoms with Crippen LogP contribution in [0, 0.1) is 5.41 Å². The monoisotopic (exact) mass is 180 g/mol. The molecule has 1 heterocycles. The third kappa shape index (κ3) is 1.98. The SMILES string of the molecule is N=C1SCCCN1SS. The van der Waals surface area contributed by atoms with Crippen LogP contribution in [-0.2, 0) is 0 Å². The van der Waals surface area contributed by atoms with Crippen LogP contribution in [-0.4, -0.2) is 21.8 Å². The number of rotatable bonds is 1. The smallest absolute Gasteiger partial charge is 0.167 e. The van der Waals surface area contributed by atoms with Crippen LogP contribution >= 0.6 is 34.4 Å². The van der Waals surface area contributed by atoms with Crippen molar-refractivity contribution >= 4 is 39.6 Å². The molecule has 0 aromatic heterocycles. The molecule has 0 aromatic rings. The summed E-state index contributed by atoms with van der Waals surface area (Å²) in [5.74, 6) is 1.09. The lowest BCUT2D eigenvalue weighted by Crippen LogP contribution is -2.25. The number of hydrogen-bond acceptors (Lipinski definition) is 4. The average Bonchev–Trinajstić information content (AvgIpc) is 1.89. The topological polar surface area (TPSA) is 27.1 Å². The van der Waals surface area contributed by atoms with Crippen LogP contribution in [0.15, 0.2) is 0 Å². The van der Waals surface area contributed by atoms with E-state index in [9.17, 15) is 0 Å². The molecule has 0 aliphatic carbocycles. The van der Waals surface area contributed by atoms with Gasteiger partial charge in [0.05, 0.1) is 0 Å². The van der Waals surface area contributed by atoms with Gasteiger partial charge in [-0.1, -0.05) is 23.4 Å². The summed E-state index contributed by atoms with van der Waals surface area (Å²) in [5.41, 5.74) is 0. The summed E-state index contributed by atoms with van der Waals surface area (Å²) in [5, 5.41) is 8.01. The first-order chi connectivity index (χ1) is 4.34. The third-order valence-corrected chi connectivity index (χ3v) is 3.33. The van der Waals surface area contributed by atoms with E-state index in [1.54, 1.807) is 11.8 Å². The summed E-state index contributed by atoms with van der Waals surface area (Å²) >= 11 is 5.60. The van der Waals surface area contributed by atoms with E-state index in [0.29, 0.717) is 5.17 Å². The molecule has 0 atom stereocenters. The number of hydrogen-bond donors (Lipinski definition) is 2. The number of thiol groups is 1. The second kappa shape index (κ2) is 3.63. The first-order valence-corrected chi connectivity index (χ1v) is 5.46. The molecule has 2 nitrogen and oxygen atoms in total. The van der Waals surface area contributed by atoms with Crippen molar-refractivity contribution in [3.05, 3.63) is 0 Å². The number of nitrogens with one attached hydrogen (secondary N) is 1. The normalized spacial score (nSPS) is 20.6. The molecule has 0 bridgehead atoms. The Labute approximate surface area is 68.2 Å². The van der Waals surface area contributed by atoms with E-state index < -0.39 is 0 Å². The summed E-state index contributed by atoms with van der Waals surface area (Å²) in [6.07, 6.45) is 1.17. The zero-order valence-corrected chi connectivity index (χ0v) is 7.36. The molecule has 1 rings (SSSR count). The van der Waals surface area contributed by atoms with Crippen LogP contribution in [0.2, 0.25) is 0 Å². The Hall–Kier alpha value is 0.520. The van der Waals surface area contributed by atoms with Gasteiger partial charge in [0.2, 0.25) is 0 Å². The highest BCUT2D eigenvalue weighted by molar-refractivity contribution is 8.67. The van der Waals surface area contributed by atoms with Crippen LogP contribution < -0.4 is 0 Å². The molecule has 1 N–H and O–H groups in total. The zero-order chi connectivity index (χ0) is 6.69. The minimum absolute atomic E-state index is 0.640. The molecule has 0 saturated carbocycles. The van der Waals surface area contributed by atoms with Gasteiger partial charge in [-0.25, -0.2) is 0 Å². The number of thioether (sulfide) groups is 1. The second-order valence-corrected chi connectivity index (χ2v) is 3.87. The Morgan fingerprint density at radius 3 is 3.00 bits per heavy atom. The van der Waals surface area contributed by atoms with E-state index in [1.807, 2.05) is 4.31 Å². The van der Waals surface area contributed by atoms with E-state index in [0.717, 1.165) is 12.3 Å². The van der Waals surface area contributed by atoms with Crippen LogP contribution in [0.4, 0.5) is 0 Å². The van der Waals surface area contributed by atoms with Gasteiger partial charge in [0.1, 0.15) is 0 Å². The van der Waals surface area contributed by atoms with Crippen LogP contribution in [0.5, 0.6) is 0 Å². The fourth-order valence-corrected chi connectivity index (χ4v) is 2.54. The van der Waals surface area contributed by atoms with Crippen molar-refractivity contribution in [2.75, 3.05) is 12.3 Å². The summed E-state index contributed by atoms with van der Waals surface area (Å²) < 4.78 is 1.89. The Kier molecular flexibility index (Phi) is 3.08. The maximum Gasteiger partial charge on any atom is 0.167 e. The standard InChI is InChI=1S/C4H8N2S3/c5-4-6(9-7)2-1-3-8-4/h5,7H,1-3H2. The Morgan fingerprint density at radius 2 is 2.56 bits per heavy atom. The quantitative estimate of drug-likeness (QED) is 0.366. The summed E-state index contributed by atoms with van der Waals surface area (Å²) in [6, 6.07) is 0. The second-order valence-electron chi connectivity index (χ2n) is 1.69. The van der Waals surface area contributed by atoms with Crippen molar-refractivity contribution in [2.24, 2.45) is 0 Å². The highest BCUT2D eigenvalue weighted by Crippen LogP contribution is 2.24. The molecule has 0 unspecified atom stereocenters. The van der Waals surface area contributed by atoms with Crippen molar-refractivity contribution in [1.29, 1.82) is 5.41 Å². The first-order valence-electron chi connectivity index (χ1n) is 2.65. The fraction of sp³-hybridized carbons (Fsp3) is 0.750. The Balaban J connectivity index is 2.39. The molecule has 0 radical (unpaired) electrons. The molecule has 5 heteroatoms. The minimum atomic E-state index is 0.640. The molecule has 1 aliphatic heterocycles. The lowest BCUT2D eigenvalue weighted by Gasteiger charge is -2.24. The lowest BCUT2D eigenvalue weighted by molar-refractivity contribution is 0.659. The van der Waals surface area contributed by atoms with Gasteiger partial charge in [-0.2, -0.15) is 0 Å². The molecule has 1 aliphatic rings. The van der Waals surface area contributed by atoms with Gasteiger partial charge >= 0.3 is 0 Å². The van der Waals surface area contributed by atoms with Gasteiger partial charge < -0.3 is 0 Å². The summed E-state index contributed by atoms with van der Waals surface area (Å²) in [4.78, 5) is 0. The van der Waals surface area contributed by atoms with Gasteiger partial charge in [-0.05, 0) is 6.42 Å². The average molecular weight is 180 g/mol. The van der Waals surface area contributed by atoms with Crippen molar-refractivity contribution in [2.45, 2.75) is 6.42 Å². The number of amidine groups is 1. The molecular weight excluding hydrogens is 172 g/mol. The van der Waals surface area contributed by atoms with Gasteiger partial charge in [-0.3, -0.25) is 9.71 Å². The van der Waals surface area contributed by atoms with E-state index in [4.69, 9.17) is 5.41 Å². The predicted molar refractivity (Wildman–Crippen MR) is 48.1 cm³/mol. The highest BCUT2D eigenvalue weighted by Gasteiger charge is 2.13. The zero-order valence-electron chi connectivity index (χ0n) is 4.83. The molecule has 0 aromatic carbocycles. The van der Waals surface area contributed by atoms with Crippen LogP contribution in [0.25, 0.3) is 0 Å². The minimum Gasteiger partial charge on any atom is -0.287 e. The maximum absolute atomic E-state index is 7.37. The molecule has 1 saturated heterocycles. The van der Waals surface area contributed by atoms with Crippen LogP contribution in [0.3, 0.4) is 0 Å². The van der Waals surface area contributed by atoms with Crippen molar-refractivity contribution in [3.63, 3.8) is 0 Å². The maximum atomic E-state index is 7.37. The van der Waals surface area contributed by atoms with Gasteiger partial charge in [0, 0.05) is 23.3 Å². The Bertz CT molecular complexity index is 116. The fourth-order valence-electron chi connectivity index (χ4n) is 0.628. The molecule has 0 amide bonds. The summed E-state index contributed by atoms with van der Waals surface area (Å²) in [6.45, 7) is 0.972. The van der Waals surface area contributed by atoms with Gasteiger partial charge in [0.15, 0.2) is 5.17 Å². The highest BCUT2D eigenvalue weighted by atomic mass is 33.1. The van der Waals surface area contributed by atoms with Crippen molar-refractivity contribution < 1.29 is 0 Å². The van der Waals surface area contributed by atoms with E-state index >= 15 is 0 Å². The van der Waals surface area contributed by atoms with E-state index in [-0.39, 0.29) is 0 Å². The third-order valence-electron chi connectivity index (χ3n) is 1.07. The molecule has 9 heavy (non-hydrogen) atoms. The van der Waals surface area contributed by atoms with Gasteiger partial charge in [0.25, 0.3) is 0 Å². The summed E-state index contributed by atoms with van der Waals surface area (Å²) in [7, 11) is 1.34. The lowest BCUT2D eigenvalue weighted by atomic mass is 10.5. The molecular formula is C4H8N2S3.